The van der Waals surface area contributed by atoms with Crippen LogP contribution in [0.25, 0.3) is 0 Å². The number of anilines is 1. The largest absolute Gasteiger partial charge is 0.476 e. The van der Waals surface area contributed by atoms with Crippen LogP contribution in [0.5, 0.6) is 5.88 Å². The van der Waals surface area contributed by atoms with Crippen LogP contribution in [0.15, 0.2) is 12.1 Å². The van der Waals surface area contributed by atoms with Crippen LogP contribution in [0.4, 0.5) is 14.5 Å². The number of pyridine rings is 1. The minimum Gasteiger partial charge on any atom is -0.476 e. The van der Waals surface area contributed by atoms with E-state index < -0.39 is 5.92 Å². The molecule has 1 amide bonds. The molecule has 3 heterocycles. The van der Waals surface area contributed by atoms with Crippen LogP contribution in [0, 0.1) is 5.92 Å². The van der Waals surface area contributed by atoms with Crippen molar-refractivity contribution in [2.75, 3.05) is 37.8 Å². The van der Waals surface area contributed by atoms with E-state index in [-0.39, 0.29) is 36.1 Å². The van der Waals surface area contributed by atoms with Crippen molar-refractivity contribution < 1.29 is 23.0 Å². The number of nitrogens with zero attached hydrogens (tertiary/aromatic N) is 2. The molecule has 1 aromatic heterocycles. The van der Waals surface area contributed by atoms with Gasteiger partial charge in [0.1, 0.15) is 11.4 Å². The number of hydrogen-bond acceptors (Lipinski definition) is 5. The fourth-order valence-electron chi connectivity index (χ4n) is 2.89. The Morgan fingerprint density at radius 2 is 2.12 bits per heavy atom. The highest BCUT2D eigenvalue weighted by atomic mass is 19.3. The molecule has 3 fully saturated rings. The molecule has 1 aliphatic carbocycles. The van der Waals surface area contributed by atoms with E-state index >= 15 is 0 Å². The van der Waals surface area contributed by atoms with Gasteiger partial charge in [0.15, 0.2) is 0 Å². The highest BCUT2D eigenvalue weighted by Gasteiger charge is 2.45. The molecule has 0 aromatic carbocycles. The molecule has 2 aliphatic heterocycles. The van der Waals surface area contributed by atoms with Crippen LogP contribution in [-0.2, 0) is 4.74 Å². The van der Waals surface area contributed by atoms with Gasteiger partial charge in [-0.1, -0.05) is 0 Å². The van der Waals surface area contributed by atoms with Gasteiger partial charge in [-0.05, 0) is 37.8 Å². The van der Waals surface area contributed by atoms with Crippen molar-refractivity contribution in [1.29, 1.82) is 0 Å². The molecule has 6 nitrogen and oxygen atoms in total. The smallest absolute Gasteiger partial charge is 0.282 e. The summed E-state index contributed by atoms with van der Waals surface area (Å²) in [6, 6.07) is 3.19. The molecule has 3 aliphatic rings. The average Bonchev–Trinajstić information content (AvgIpc) is 3.33. The van der Waals surface area contributed by atoms with Crippen molar-refractivity contribution in [3.8, 4) is 5.88 Å². The molecule has 1 aromatic rings. The Hall–Kier alpha value is -1.96. The quantitative estimate of drug-likeness (QED) is 0.846. The predicted octanol–water partition coefficient (Wildman–Crippen LogP) is 1.84. The van der Waals surface area contributed by atoms with Crippen LogP contribution in [0.3, 0.4) is 0 Å². The summed E-state index contributed by atoms with van der Waals surface area (Å²) >= 11 is 0. The van der Waals surface area contributed by atoms with E-state index in [0.717, 1.165) is 12.8 Å². The van der Waals surface area contributed by atoms with E-state index in [1.807, 2.05) is 6.92 Å². The van der Waals surface area contributed by atoms with Gasteiger partial charge in [-0.3, -0.25) is 4.79 Å². The van der Waals surface area contributed by atoms with Gasteiger partial charge in [0.2, 0.25) is 5.88 Å². The monoisotopic (exact) mass is 353 g/mol. The van der Waals surface area contributed by atoms with Crippen LogP contribution in [0.2, 0.25) is 0 Å². The lowest BCUT2D eigenvalue weighted by atomic mass is 10.0. The van der Waals surface area contributed by atoms with Gasteiger partial charge in [0, 0.05) is 0 Å². The predicted molar refractivity (Wildman–Crippen MR) is 86.3 cm³/mol. The summed E-state index contributed by atoms with van der Waals surface area (Å²) in [5, 5.41) is 2.89. The third-order valence-electron chi connectivity index (χ3n) is 4.67. The maximum Gasteiger partial charge on any atom is 0.282 e. The molecule has 0 bridgehead atoms. The van der Waals surface area contributed by atoms with E-state index in [1.54, 1.807) is 12.1 Å². The van der Waals surface area contributed by atoms with Crippen molar-refractivity contribution in [3.63, 3.8) is 0 Å². The number of halogens is 2. The third kappa shape index (κ3) is 3.53. The molecule has 0 spiro atoms. The molecule has 136 valence electrons. The fourth-order valence-corrected chi connectivity index (χ4v) is 2.89. The highest BCUT2D eigenvalue weighted by molar-refractivity contribution is 5.93. The molecule has 1 N–H and O–H groups in total. The first-order chi connectivity index (χ1) is 11.8. The lowest BCUT2D eigenvalue weighted by molar-refractivity contribution is -0.0594. The number of ether oxygens (including phenoxy) is 2. The van der Waals surface area contributed by atoms with E-state index in [2.05, 4.69) is 10.3 Å². The minimum atomic E-state index is -2.68. The summed E-state index contributed by atoms with van der Waals surface area (Å²) in [5.41, 5.74) is 0.350. The van der Waals surface area contributed by atoms with Crippen LogP contribution >= 0.6 is 0 Å². The van der Waals surface area contributed by atoms with E-state index in [4.69, 9.17) is 9.47 Å². The zero-order valence-corrected chi connectivity index (χ0v) is 14.1. The van der Waals surface area contributed by atoms with E-state index in [1.165, 1.54) is 4.90 Å². The summed E-state index contributed by atoms with van der Waals surface area (Å²) in [6.45, 7) is 2.62. The minimum absolute atomic E-state index is 0.218. The Kier molecular flexibility index (Phi) is 3.82. The second kappa shape index (κ2) is 5.79. The number of amides is 1. The van der Waals surface area contributed by atoms with Crippen molar-refractivity contribution in [1.82, 2.24) is 10.3 Å². The Morgan fingerprint density at radius 1 is 1.40 bits per heavy atom. The van der Waals surface area contributed by atoms with Crippen molar-refractivity contribution in [2.24, 2.45) is 5.92 Å². The summed E-state index contributed by atoms with van der Waals surface area (Å²) in [4.78, 5) is 18.2. The average molecular weight is 353 g/mol. The first-order valence-electron chi connectivity index (χ1n) is 8.51. The standard InChI is InChI=1S/C17H21F2N3O3/c1-16(9-24-10-16)21-14(23)12-4-5-13(22-7-17(18,19)8-22)15(20-12)25-6-11-2-3-11/h4-5,11H,2-3,6-10H2,1H3,(H,21,23). The second-order valence-electron chi connectivity index (χ2n) is 7.49. The Labute approximate surface area is 144 Å². The van der Waals surface area contributed by atoms with E-state index in [0.29, 0.717) is 31.4 Å². The molecule has 8 heteroatoms. The Morgan fingerprint density at radius 3 is 2.68 bits per heavy atom. The molecule has 0 atom stereocenters. The van der Waals surface area contributed by atoms with Gasteiger partial charge >= 0.3 is 0 Å². The number of rotatable bonds is 6. The molecule has 0 unspecified atom stereocenters. The Balaban J connectivity index is 1.51. The molecule has 2 saturated heterocycles. The summed E-state index contributed by atoms with van der Waals surface area (Å²) in [5.74, 6) is -2.24. The fraction of sp³-hybridized carbons (Fsp3) is 0.647. The lowest BCUT2D eigenvalue weighted by Gasteiger charge is -2.40. The molecule has 4 rings (SSSR count). The Bertz CT molecular complexity index is 682. The zero-order valence-electron chi connectivity index (χ0n) is 14.1. The topological polar surface area (TPSA) is 63.7 Å². The van der Waals surface area contributed by atoms with Crippen LogP contribution in [0.1, 0.15) is 30.3 Å². The van der Waals surface area contributed by atoms with Crippen LogP contribution in [-0.4, -0.2) is 55.3 Å². The molecular formula is C17H21F2N3O3. The van der Waals surface area contributed by atoms with Gasteiger partial charge in [-0.2, -0.15) is 0 Å². The second-order valence-corrected chi connectivity index (χ2v) is 7.49. The first kappa shape index (κ1) is 16.5. The molecule has 25 heavy (non-hydrogen) atoms. The summed E-state index contributed by atoms with van der Waals surface area (Å²) in [7, 11) is 0. The molecule has 0 radical (unpaired) electrons. The number of aromatic nitrogens is 1. The molecule has 1 saturated carbocycles. The number of alkyl halides is 2. The van der Waals surface area contributed by atoms with Gasteiger partial charge in [-0.15, -0.1) is 0 Å². The van der Waals surface area contributed by atoms with Gasteiger partial charge in [-0.25, -0.2) is 13.8 Å². The van der Waals surface area contributed by atoms with Crippen molar-refractivity contribution in [3.05, 3.63) is 17.8 Å². The van der Waals surface area contributed by atoms with Crippen LogP contribution < -0.4 is 15.0 Å². The molecular weight excluding hydrogens is 332 g/mol. The third-order valence-corrected chi connectivity index (χ3v) is 4.67. The number of carbonyl (C=O) groups is 1. The highest BCUT2D eigenvalue weighted by Crippen LogP contribution is 2.38. The first-order valence-corrected chi connectivity index (χ1v) is 8.51. The summed E-state index contributed by atoms with van der Waals surface area (Å²) in [6.07, 6.45) is 2.21. The normalized spacial score (nSPS) is 23.4. The number of carbonyl (C=O) groups excluding carboxylic acids is 1. The van der Waals surface area contributed by atoms with Crippen molar-refractivity contribution >= 4 is 11.6 Å². The number of nitrogens with one attached hydrogen (secondary N) is 1. The van der Waals surface area contributed by atoms with Gasteiger partial charge in [0.25, 0.3) is 11.8 Å². The maximum atomic E-state index is 13.2. The number of hydrogen-bond donors (Lipinski definition) is 1. The lowest BCUT2D eigenvalue weighted by Crippen LogP contribution is -2.60. The van der Waals surface area contributed by atoms with Gasteiger partial charge < -0.3 is 19.7 Å². The zero-order chi connectivity index (χ0) is 17.7. The van der Waals surface area contributed by atoms with Crippen molar-refractivity contribution in [2.45, 2.75) is 31.2 Å². The van der Waals surface area contributed by atoms with Gasteiger partial charge in [0.05, 0.1) is 38.4 Å². The maximum absolute atomic E-state index is 13.2. The van der Waals surface area contributed by atoms with E-state index in [9.17, 15) is 13.6 Å². The summed E-state index contributed by atoms with van der Waals surface area (Å²) < 4.78 is 37.2. The SMILES string of the molecule is CC1(NC(=O)c2ccc(N3CC(F)(F)C3)c(OCC3CC3)n2)COC1.